The van der Waals surface area contributed by atoms with Gasteiger partial charge in [0, 0.05) is 13.0 Å². The van der Waals surface area contributed by atoms with Gasteiger partial charge in [-0.05, 0) is 68.7 Å². The van der Waals surface area contributed by atoms with Crippen LogP contribution in [0.3, 0.4) is 0 Å². The van der Waals surface area contributed by atoms with Crippen LogP contribution in [0.25, 0.3) is 0 Å². The first kappa shape index (κ1) is 24.0. The van der Waals surface area contributed by atoms with Gasteiger partial charge >= 0.3 is 0 Å². The van der Waals surface area contributed by atoms with Crippen LogP contribution in [0, 0.1) is 11.8 Å². The van der Waals surface area contributed by atoms with E-state index in [1.807, 2.05) is 49.4 Å². The number of phenolic OH excluding ortho intramolecular Hbond substituents is 1. The van der Waals surface area contributed by atoms with Gasteiger partial charge in [0.25, 0.3) is 0 Å². The second-order valence-electron chi connectivity index (χ2n) is 8.97. The molecule has 0 bridgehead atoms. The summed E-state index contributed by atoms with van der Waals surface area (Å²) in [6.07, 6.45) is 11.9. The van der Waals surface area contributed by atoms with Crippen molar-refractivity contribution in [1.29, 1.82) is 0 Å². The lowest BCUT2D eigenvalue weighted by Gasteiger charge is -2.25. The zero-order valence-corrected chi connectivity index (χ0v) is 18.8. The van der Waals surface area contributed by atoms with Crippen LogP contribution in [0.1, 0.15) is 58.4 Å². The number of aromatic hydroxyl groups is 1. The predicted molar refractivity (Wildman–Crippen MR) is 125 cm³/mol. The van der Waals surface area contributed by atoms with Gasteiger partial charge in [0.15, 0.2) is 0 Å². The quantitative estimate of drug-likeness (QED) is 0.486. The van der Waals surface area contributed by atoms with E-state index in [2.05, 4.69) is 26.0 Å². The van der Waals surface area contributed by atoms with Gasteiger partial charge in [0.1, 0.15) is 17.1 Å². The summed E-state index contributed by atoms with van der Waals surface area (Å²) in [6.45, 7) is 6.42. The van der Waals surface area contributed by atoms with Crippen molar-refractivity contribution in [1.82, 2.24) is 0 Å². The van der Waals surface area contributed by atoms with Crippen molar-refractivity contribution < 1.29 is 14.9 Å². The lowest BCUT2D eigenvalue weighted by atomic mass is 10.0. The number of ether oxygens (including phenoxy) is 1. The zero-order chi connectivity index (χ0) is 21.8. The molecule has 2 N–H and O–H groups in total. The van der Waals surface area contributed by atoms with Gasteiger partial charge < -0.3 is 14.9 Å². The highest BCUT2D eigenvalue weighted by Gasteiger charge is 2.18. The first-order chi connectivity index (χ1) is 14.4. The molecule has 164 valence electrons. The van der Waals surface area contributed by atoms with Crippen molar-refractivity contribution in [2.75, 3.05) is 6.61 Å². The molecule has 0 heterocycles. The minimum absolute atomic E-state index is 0.129. The highest BCUT2D eigenvalue weighted by Crippen LogP contribution is 2.27. The Balaban J connectivity index is 0.000000232. The second-order valence-corrected chi connectivity index (χ2v) is 8.97. The number of rotatable bonds is 8. The van der Waals surface area contributed by atoms with Crippen molar-refractivity contribution in [3.8, 4) is 11.5 Å². The van der Waals surface area contributed by atoms with Crippen LogP contribution in [0.2, 0.25) is 0 Å². The highest BCUT2D eigenvalue weighted by atomic mass is 16.5. The third-order valence-electron chi connectivity index (χ3n) is 5.43. The molecule has 1 fully saturated rings. The van der Waals surface area contributed by atoms with Crippen LogP contribution in [0.4, 0.5) is 0 Å². The third-order valence-corrected chi connectivity index (χ3v) is 5.43. The van der Waals surface area contributed by atoms with Gasteiger partial charge in [-0.1, -0.05) is 68.3 Å². The van der Waals surface area contributed by atoms with E-state index in [4.69, 9.17) is 9.84 Å². The summed E-state index contributed by atoms with van der Waals surface area (Å²) in [5.41, 5.74) is 0.773. The van der Waals surface area contributed by atoms with E-state index in [0.29, 0.717) is 5.75 Å². The minimum atomic E-state index is -0.129. The maximum atomic E-state index is 9.37. The monoisotopic (exact) mass is 410 g/mol. The smallest absolute Gasteiger partial charge is 0.120 e. The van der Waals surface area contributed by atoms with Crippen molar-refractivity contribution in [3.05, 3.63) is 72.3 Å². The number of para-hydroxylation sites is 2. The maximum absolute atomic E-state index is 9.37. The lowest BCUT2D eigenvalue weighted by molar-refractivity contribution is 0.113. The second kappa shape index (κ2) is 12.4. The molecule has 0 spiro atoms. The molecule has 0 aromatic heterocycles. The molecule has 1 atom stereocenters. The molecular formula is C27H38O3. The molecule has 3 heteroatoms. The average Bonchev–Trinajstić information content (AvgIpc) is 3.24. The largest absolute Gasteiger partial charge is 0.508 e. The summed E-state index contributed by atoms with van der Waals surface area (Å²) in [6, 6.07) is 17.3. The van der Waals surface area contributed by atoms with E-state index in [-0.39, 0.29) is 18.1 Å². The summed E-state index contributed by atoms with van der Waals surface area (Å²) < 4.78 is 6.02. The van der Waals surface area contributed by atoms with Gasteiger partial charge in [-0.3, -0.25) is 0 Å². The van der Waals surface area contributed by atoms with Crippen LogP contribution in [0.5, 0.6) is 11.5 Å². The summed E-state index contributed by atoms with van der Waals surface area (Å²) in [4.78, 5) is 0. The number of aliphatic hydroxyl groups is 1. The molecular weight excluding hydrogens is 372 g/mol. The fourth-order valence-electron chi connectivity index (χ4n) is 3.67. The Morgan fingerprint density at radius 1 is 1.03 bits per heavy atom. The molecule has 30 heavy (non-hydrogen) atoms. The van der Waals surface area contributed by atoms with E-state index in [1.54, 1.807) is 12.1 Å². The van der Waals surface area contributed by atoms with Crippen LogP contribution in [-0.4, -0.2) is 22.4 Å². The van der Waals surface area contributed by atoms with Crippen molar-refractivity contribution in [2.24, 2.45) is 11.8 Å². The standard InChI is InChI=1S/C17H24O.C10H14O2/c1-17(2,18-16-12-4-3-5-13-16)14-8-11-15-9-6-7-10-15;1-8(7-11)6-9-4-2-3-5-10(9)12/h3-5,8,11-13,15H,6-7,9-10,14H2,1-2H3;2-5,8,11-12H,6-7H2,1H3/b11-8+;. The first-order valence-electron chi connectivity index (χ1n) is 11.2. The molecule has 3 rings (SSSR count). The Morgan fingerprint density at radius 3 is 2.30 bits per heavy atom. The van der Waals surface area contributed by atoms with Crippen molar-refractivity contribution in [2.45, 2.75) is 64.9 Å². The Labute approximate surface area is 182 Å². The summed E-state index contributed by atoms with van der Waals surface area (Å²) in [5.74, 6) is 2.30. The molecule has 2 aromatic rings. The molecule has 0 saturated heterocycles. The van der Waals surface area contributed by atoms with Crippen LogP contribution in [0.15, 0.2) is 66.7 Å². The van der Waals surface area contributed by atoms with Gasteiger partial charge in [-0.15, -0.1) is 0 Å². The van der Waals surface area contributed by atoms with Gasteiger partial charge in [0.05, 0.1) is 0 Å². The Morgan fingerprint density at radius 2 is 1.67 bits per heavy atom. The fraction of sp³-hybridized carbons (Fsp3) is 0.481. The van der Waals surface area contributed by atoms with Crippen molar-refractivity contribution >= 4 is 0 Å². The number of allylic oxidation sites excluding steroid dienone is 1. The van der Waals surface area contributed by atoms with E-state index in [9.17, 15) is 5.11 Å². The van der Waals surface area contributed by atoms with Crippen LogP contribution in [-0.2, 0) is 6.42 Å². The molecule has 0 aliphatic heterocycles. The maximum Gasteiger partial charge on any atom is 0.120 e. The van der Waals surface area contributed by atoms with E-state index in [1.165, 1.54) is 25.7 Å². The number of benzene rings is 2. The van der Waals surface area contributed by atoms with E-state index in [0.717, 1.165) is 30.1 Å². The predicted octanol–water partition coefficient (Wildman–Crippen LogP) is 6.54. The normalized spacial score (nSPS) is 15.6. The number of hydrogen-bond donors (Lipinski definition) is 2. The number of aliphatic hydroxyl groups excluding tert-OH is 1. The molecule has 1 saturated carbocycles. The molecule has 2 aromatic carbocycles. The Hall–Kier alpha value is -2.26. The molecule has 1 aliphatic carbocycles. The SMILES string of the molecule is CC(C)(C/C=C/C1CCCC1)Oc1ccccc1.CC(CO)Cc1ccccc1O. The molecule has 3 nitrogen and oxygen atoms in total. The molecule has 1 unspecified atom stereocenters. The molecule has 0 amide bonds. The topological polar surface area (TPSA) is 49.7 Å². The van der Waals surface area contributed by atoms with Crippen LogP contribution >= 0.6 is 0 Å². The fourth-order valence-corrected chi connectivity index (χ4v) is 3.67. The highest BCUT2D eigenvalue weighted by molar-refractivity contribution is 5.31. The third kappa shape index (κ3) is 9.04. The van der Waals surface area contributed by atoms with Gasteiger partial charge in [-0.25, -0.2) is 0 Å². The average molecular weight is 411 g/mol. The number of phenols is 1. The van der Waals surface area contributed by atoms with Gasteiger partial charge in [0.2, 0.25) is 0 Å². The first-order valence-corrected chi connectivity index (χ1v) is 11.2. The van der Waals surface area contributed by atoms with Crippen molar-refractivity contribution in [3.63, 3.8) is 0 Å². The minimum Gasteiger partial charge on any atom is -0.508 e. The molecule has 0 radical (unpaired) electrons. The zero-order valence-electron chi connectivity index (χ0n) is 18.8. The van der Waals surface area contributed by atoms with Crippen LogP contribution < -0.4 is 4.74 Å². The van der Waals surface area contributed by atoms with E-state index < -0.39 is 0 Å². The Bertz CT molecular complexity index is 746. The lowest BCUT2D eigenvalue weighted by Crippen LogP contribution is -2.27. The summed E-state index contributed by atoms with van der Waals surface area (Å²) >= 11 is 0. The Kier molecular flexibility index (Phi) is 9.96. The summed E-state index contributed by atoms with van der Waals surface area (Å²) in [5, 5.41) is 18.2. The van der Waals surface area contributed by atoms with E-state index >= 15 is 0 Å². The molecule has 1 aliphatic rings. The summed E-state index contributed by atoms with van der Waals surface area (Å²) in [7, 11) is 0. The van der Waals surface area contributed by atoms with Gasteiger partial charge in [-0.2, -0.15) is 0 Å². The number of hydrogen-bond acceptors (Lipinski definition) is 3.